The van der Waals surface area contributed by atoms with Crippen molar-refractivity contribution < 1.29 is 4.79 Å². The number of aryl methyl sites for hydroxylation is 1. The van der Waals surface area contributed by atoms with Gasteiger partial charge in [0.05, 0.1) is 0 Å². The van der Waals surface area contributed by atoms with Gasteiger partial charge in [-0.1, -0.05) is 30.3 Å². The molecule has 1 fully saturated rings. The third-order valence-corrected chi connectivity index (χ3v) is 4.40. The SMILES string of the molecule is Cc1nc(NC(C)C)cc(C(=O)N2CCN(Cc3ccccc3)CC2)n1. The topological polar surface area (TPSA) is 61.4 Å². The van der Waals surface area contributed by atoms with E-state index in [9.17, 15) is 4.79 Å². The summed E-state index contributed by atoms with van der Waals surface area (Å²) in [6.45, 7) is 10.0. The minimum Gasteiger partial charge on any atom is -0.368 e. The average Bonchev–Trinajstić information content (AvgIpc) is 2.61. The van der Waals surface area contributed by atoms with Crippen LogP contribution in [0.2, 0.25) is 0 Å². The fourth-order valence-electron chi connectivity index (χ4n) is 3.16. The van der Waals surface area contributed by atoms with Crippen molar-refractivity contribution in [3.63, 3.8) is 0 Å². The Bertz CT molecular complexity index is 739. The van der Waals surface area contributed by atoms with Crippen LogP contribution in [0.15, 0.2) is 36.4 Å². The monoisotopic (exact) mass is 353 g/mol. The molecule has 2 heterocycles. The first-order chi connectivity index (χ1) is 12.5. The van der Waals surface area contributed by atoms with Crippen LogP contribution in [-0.4, -0.2) is 57.9 Å². The summed E-state index contributed by atoms with van der Waals surface area (Å²) in [5.74, 6) is 1.31. The Morgan fingerprint density at radius 2 is 1.81 bits per heavy atom. The normalized spacial score (nSPS) is 15.3. The van der Waals surface area contributed by atoms with E-state index in [4.69, 9.17) is 0 Å². The molecule has 1 saturated heterocycles. The first-order valence-corrected chi connectivity index (χ1v) is 9.19. The van der Waals surface area contributed by atoms with Crippen LogP contribution in [0.3, 0.4) is 0 Å². The van der Waals surface area contributed by atoms with Gasteiger partial charge in [0.15, 0.2) is 0 Å². The molecule has 3 rings (SSSR count). The number of hydrogen-bond acceptors (Lipinski definition) is 5. The number of anilines is 1. The number of rotatable bonds is 5. The molecule has 26 heavy (non-hydrogen) atoms. The average molecular weight is 353 g/mol. The van der Waals surface area contributed by atoms with Crippen molar-refractivity contribution in [2.75, 3.05) is 31.5 Å². The van der Waals surface area contributed by atoms with Crippen molar-refractivity contribution in [3.05, 3.63) is 53.5 Å². The molecule has 2 aromatic rings. The Kier molecular flexibility index (Phi) is 5.83. The second-order valence-corrected chi connectivity index (χ2v) is 7.04. The Balaban J connectivity index is 1.60. The molecule has 1 N–H and O–H groups in total. The second-order valence-electron chi connectivity index (χ2n) is 7.04. The molecule has 0 spiro atoms. The Morgan fingerprint density at radius 3 is 2.46 bits per heavy atom. The molecule has 0 unspecified atom stereocenters. The maximum absolute atomic E-state index is 12.8. The lowest BCUT2D eigenvalue weighted by Crippen LogP contribution is -2.48. The van der Waals surface area contributed by atoms with E-state index < -0.39 is 0 Å². The van der Waals surface area contributed by atoms with E-state index in [0.29, 0.717) is 17.3 Å². The summed E-state index contributed by atoms with van der Waals surface area (Å²) in [5, 5.41) is 3.25. The molecular weight excluding hydrogens is 326 g/mol. The number of hydrogen-bond donors (Lipinski definition) is 1. The molecule has 1 amide bonds. The number of nitrogens with zero attached hydrogens (tertiary/aromatic N) is 4. The van der Waals surface area contributed by atoms with Crippen LogP contribution in [0.5, 0.6) is 0 Å². The standard InChI is InChI=1S/C20H27N5O/c1-15(2)21-19-13-18(22-16(3)23-19)20(26)25-11-9-24(10-12-25)14-17-7-5-4-6-8-17/h4-8,13,15H,9-12,14H2,1-3H3,(H,21,22,23). The number of amides is 1. The third kappa shape index (κ3) is 4.79. The van der Waals surface area contributed by atoms with E-state index in [1.165, 1.54) is 5.56 Å². The molecule has 0 saturated carbocycles. The lowest BCUT2D eigenvalue weighted by Gasteiger charge is -2.34. The molecule has 1 aromatic heterocycles. The number of aromatic nitrogens is 2. The van der Waals surface area contributed by atoms with E-state index in [1.807, 2.05) is 31.7 Å². The Labute approximate surface area is 155 Å². The van der Waals surface area contributed by atoms with Crippen molar-refractivity contribution in [2.45, 2.75) is 33.4 Å². The van der Waals surface area contributed by atoms with Gasteiger partial charge in [0, 0.05) is 44.8 Å². The van der Waals surface area contributed by atoms with E-state index in [1.54, 1.807) is 6.07 Å². The van der Waals surface area contributed by atoms with Gasteiger partial charge in [-0.05, 0) is 26.3 Å². The summed E-state index contributed by atoms with van der Waals surface area (Å²) in [7, 11) is 0. The molecule has 0 atom stereocenters. The molecular formula is C20H27N5O. The van der Waals surface area contributed by atoms with Crippen LogP contribution in [0.4, 0.5) is 5.82 Å². The third-order valence-electron chi connectivity index (χ3n) is 4.40. The van der Waals surface area contributed by atoms with Gasteiger partial charge in [-0.15, -0.1) is 0 Å². The summed E-state index contributed by atoms with van der Waals surface area (Å²) in [6.07, 6.45) is 0. The molecule has 0 radical (unpaired) electrons. The minimum absolute atomic E-state index is 0.0123. The van der Waals surface area contributed by atoms with Gasteiger partial charge in [-0.3, -0.25) is 9.69 Å². The molecule has 0 aliphatic carbocycles. The summed E-state index contributed by atoms with van der Waals surface area (Å²) >= 11 is 0. The van der Waals surface area contributed by atoms with Gasteiger partial charge < -0.3 is 10.2 Å². The Morgan fingerprint density at radius 1 is 1.12 bits per heavy atom. The van der Waals surface area contributed by atoms with E-state index in [-0.39, 0.29) is 11.9 Å². The molecule has 0 bridgehead atoms. The maximum atomic E-state index is 12.8. The molecule has 1 aliphatic heterocycles. The quantitative estimate of drug-likeness (QED) is 0.895. The van der Waals surface area contributed by atoms with Gasteiger partial charge in [0.25, 0.3) is 5.91 Å². The molecule has 1 aliphatic rings. The maximum Gasteiger partial charge on any atom is 0.272 e. The highest BCUT2D eigenvalue weighted by atomic mass is 16.2. The minimum atomic E-state index is -0.0123. The van der Waals surface area contributed by atoms with E-state index in [2.05, 4.69) is 44.5 Å². The lowest BCUT2D eigenvalue weighted by molar-refractivity contribution is 0.0622. The molecule has 1 aromatic carbocycles. The fourth-order valence-corrected chi connectivity index (χ4v) is 3.16. The first kappa shape index (κ1) is 18.3. The highest BCUT2D eigenvalue weighted by Gasteiger charge is 2.23. The zero-order valence-electron chi connectivity index (χ0n) is 15.8. The predicted molar refractivity (Wildman–Crippen MR) is 103 cm³/mol. The van der Waals surface area contributed by atoms with Gasteiger partial charge in [-0.2, -0.15) is 0 Å². The molecule has 6 heteroatoms. The summed E-state index contributed by atoms with van der Waals surface area (Å²) < 4.78 is 0. The van der Waals surface area contributed by atoms with Crippen LogP contribution in [-0.2, 0) is 6.54 Å². The zero-order chi connectivity index (χ0) is 18.5. The smallest absolute Gasteiger partial charge is 0.272 e. The molecule has 6 nitrogen and oxygen atoms in total. The van der Waals surface area contributed by atoms with Gasteiger partial charge >= 0.3 is 0 Å². The van der Waals surface area contributed by atoms with Crippen LogP contribution in [0.1, 0.15) is 35.7 Å². The lowest BCUT2D eigenvalue weighted by atomic mass is 10.2. The fraction of sp³-hybridized carbons (Fsp3) is 0.450. The van der Waals surface area contributed by atoms with Gasteiger partial charge in [-0.25, -0.2) is 9.97 Å². The largest absolute Gasteiger partial charge is 0.368 e. The van der Waals surface area contributed by atoms with Crippen molar-refractivity contribution in [1.29, 1.82) is 0 Å². The Hall–Kier alpha value is -2.47. The van der Waals surface area contributed by atoms with Crippen LogP contribution >= 0.6 is 0 Å². The van der Waals surface area contributed by atoms with Crippen molar-refractivity contribution in [2.24, 2.45) is 0 Å². The second kappa shape index (κ2) is 8.27. The van der Waals surface area contributed by atoms with Crippen molar-refractivity contribution in [3.8, 4) is 0 Å². The highest BCUT2D eigenvalue weighted by Crippen LogP contribution is 2.13. The van der Waals surface area contributed by atoms with E-state index >= 15 is 0 Å². The number of benzene rings is 1. The van der Waals surface area contributed by atoms with Gasteiger partial charge in [0.2, 0.25) is 0 Å². The van der Waals surface area contributed by atoms with Crippen molar-refractivity contribution >= 4 is 11.7 Å². The number of nitrogens with one attached hydrogen (secondary N) is 1. The van der Waals surface area contributed by atoms with Gasteiger partial charge in [0.1, 0.15) is 17.3 Å². The number of carbonyl (C=O) groups excluding carboxylic acids is 1. The highest BCUT2D eigenvalue weighted by molar-refractivity contribution is 5.93. The van der Waals surface area contributed by atoms with Crippen LogP contribution < -0.4 is 5.32 Å². The number of carbonyl (C=O) groups is 1. The van der Waals surface area contributed by atoms with Crippen molar-refractivity contribution in [1.82, 2.24) is 19.8 Å². The number of piperazine rings is 1. The van der Waals surface area contributed by atoms with Crippen LogP contribution in [0, 0.1) is 6.92 Å². The predicted octanol–water partition coefficient (Wildman–Crippen LogP) is 2.56. The summed E-state index contributed by atoms with van der Waals surface area (Å²) in [6, 6.07) is 12.5. The first-order valence-electron chi connectivity index (χ1n) is 9.19. The molecule has 138 valence electrons. The summed E-state index contributed by atoms with van der Waals surface area (Å²) in [5.41, 5.74) is 1.78. The van der Waals surface area contributed by atoms with Crippen LogP contribution in [0.25, 0.3) is 0 Å². The summed E-state index contributed by atoms with van der Waals surface area (Å²) in [4.78, 5) is 25.8. The zero-order valence-corrected chi connectivity index (χ0v) is 15.8. The van der Waals surface area contributed by atoms with E-state index in [0.717, 1.165) is 32.7 Å².